The highest BCUT2D eigenvalue weighted by Gasteiger charge is 2.10. The van der Waals surface area contributed by atoms with Crippen LogP contribution in [0, 0.1) is 6.92 Å². The van der Waals surface area contributed by atoms with Gasteiger partial charge in [0.1, 0.15) is 0 Å². The van der Waals surface area contributed by atoms with E-state index in [2.05, 4.69) is 21.8 Å². The number of aromatic nitrogens is 1. The van der Waals surface area contributed by atoms with E-state index < -0.39 is 10.0 Å². The molecule has 0 aliphatic carbocycles. The van der Waals surface area contributed by atoms with Crippen molar-refractivity contribution in [3.8, 4) is 0 Å². The van der Waals surface area contributed by atoms with Gasteiger partial charge < -0.3 is 0 Å². The number of sulfonamides is 1. The lowest BCUT2D eigenvalue weighted by Gasteiger charge is -2.01. The van der Waals surface area contributed by atoms with Crippen LogP contribution in [0.4, 0.5) is 0 Å². The summed E-state index contributed by atoms with van der Waals surface area (Å²) in [6.45, 7) is 4.05. The van der Waals surface area contributed by atoms with E-state index in [0.29, 0.717) is 13.0 Å². The maximum atomic E-state index is 11.4. The lowest BCUT2D eigenvalue weighted by atomic mass is 10.1. The standard InChI is InChI=1S/C15H20N2O2S2/c1-3-21(18,19)16-10-9-15-17-12(2)14(20-15)11-13-7-5-4-6-8-13/h4-8,16H,3,9-11H2,1-2H3. The van der Waals surface area contributed by atoms with Crippen LogP contribution in [0.5, 0.6) is 0 Å². The van der Waals surface area contributed by atoms with Crippen LogP contribution < -0.4 is 4.72 Å². The fourth-order valence-electron chi connectivity index (χ4n) is 1.96. The third-order valence-corrected chi connectivity index (χ3v) is 5.81. The molecule has 0 saturated heterocycles. The van der Waals surface area contributed by atoms with Crippen LogP contribution in [0.1, 0.15) is 28.1 Å². The van der Waals surface area contributed by atoms with E-state index in [1.165, 1.54) is 10.4 Å². The number of rotatable bonds is 7. The molecule has 2 rings (SSSR count). The summed E-state index contributed by atoms with van der Waals surface area (Å²) in [5, 5.41) is 0.984. The van der Waals surface area contributed by atoms with E-state index in [0.717, 1.165) is 17.1 Å². The Labute approximate surface area is 130 Å². The number of nitrogens with zero attached hydrogens (tertiary/aromatic N) is 1. The molecule has 1 aromatic heterocycles. The highest BCUT2D eigenvalue weighted by atomic mass is 32.2. The van der Waals surface area contributed by atoms with Gasteiger partial charge in [-0.25, -0.2) is 18.1 Å². The van der Waals surface area contributed by atoms with Gasteiger partial charge in [-0.15, -0.1) is 11.3 Å². The average molecular weight is 324 g/mol. The molecule has 21 heavy (non-hydrogen) atoms. The first-order valence-electron chi connectivity index (χ1n) is 6.96. The van der Waals surface area contributed by atoms with Gasteiger partial charge in [0.2, 0.25) is 10.0 Å². The molecule has 2 aromatic rings. The van der Waals surface area contributed by atoms with Gasteiger partial charge in [-0.3, -0.25) is 0 Å². The Balaban J connectivity index is 1.96. The van der Waals surface area contributed by atoms with Gasteiger partial charge in [0.25, 0.3) is 0 Å². The fraction of sp³-hybridized carbons (Fsp3) is 0.400. The van der Waals surface area contributed by atoms with Crippen molar-refractivity contribution in [1.29, 1.82) is 0 Å². The second-order valence-electron chi connectivity index (χ2n) is 4.83. The first-order chi connectivity index (χ1) is 10.00. The molecule has 0 bridgehead atoms. The highest BCUT2D eigenvalue weighted by Crippen LogP contribution is 2.21. The van der Waals surface area contributed by atoms with Crippen LogP contribution >= 0.6 is 11.3 Å². The molecule has 0 aliphatic heterocycles. The first-order valence-corrected chi connectivity index (χ1v) is 9.43. The van der Waals surface area contributed by atoms with Crippen molar-refractivity contribution in [2.75, 3.05) is 12.3 Å². The van der Waals surface area contributed by atoms with E-state index >= 15 is 0 Å². The Morgan fingerprint density at radius 3 is 2.62 bits per heavy atom. The molecule has 0 unspecified atom stereocenters. The normalized spacial score (nSPS) is 11.7. The maximum absolute atomic E-state index is 11.4. The third kappa shape index (κ3) is 4.91. The van der Waals surface area contributed by atoms with Gasteiger partial charge >= 0.3 is 0 Å². The number of nitrogens with one attached hydrogen (secondary N) is 1. The van der Waals surface area contributed by atoms with Crippen LogP contribution in [-0.2, 0) is 22.9 Å². The molecule has 0 spiro atoms. The summed E-state index contributed by atoms with van der Waals surface area (Å²) in [5.74, 6) is 0.114. The number of benzene rings is 1. The highest BCUT2D eigenvalue weighted by molar-refractivity contribution is 7.89. The van der Waals surface area contributed by atoms with E-state index in [9.17, 15) is 8.42 Å². The molecule has 4 nitrogen and oxygen atoms in total. The van der Waals surface area contributed by atoms with Crippen LogP contribution in [0.15, 0.2) is 30.3 Å². The summed E-state index contributed by atoms with van der Waals surface area (Å²) in [6, 6.07) is 10.3. The molecule has 1 N–H and O–H groups in total. The zero-order chi connectivity index (χ0) is 15.3. The second kappa shape index (κ2) is 7.15. The molecule has 114 valence electrons. The fourth-order valence-corrected chi connectivity index (χ4v) is 3.68. The second-order valence-corrected chi connectivity index (χ2v) is 8.09. The average Bonchev–Trinajstić information content (AvgIpc) is 2.80. The van der Waals surface area contributed by atoms with Crippen molar-refractivity contribution in [2.45, 2.75) is 26.7 Å². The van der Waals surface area contributed by atoms with Crippen molar-refractivity contribution in [1.82, 2.24) is 9.71 Å². The molecule has 0 fully saturated rings. The van der Waals surface area contributed by atoms with Crippen molar-refractivity contribution >= 4 is 21.4 Å². The van der Waals surface area contributed by atoms with Crippen LogP contribution in [0.3, 0.4) is 0 Å². The predicted octanol–water partition coefficient (Wildman–Crippen LogP) is 2.52. The molecule has 0 atom stereocenters. The summed E-state index contributed by atoms with van der Waals surface area (Å²) in [7, 11) is -3.11. The lowest BCUT2D eigenvalue weighted by molar-refractivity contribution is 0.583. The third-order valence-electron chi connectivity index (χ3n) is 3.19. The first kappa shape index (κ1) is 16.1. The van der Waals surface area contributed by atoms with Gasteiger partial charge in [0.05, 0.1) is 16.5 Å². The van der Waals surface area contributed by atoms with Gasteiger partial charge in [0, 0.05) is 24.3 Å². The Bertz CT molecular complexity index is 679. The Hall–Kier alpha value is -1.24. The van der Waals surface area contributed by atoms with E-state index in [1.807, 2.05) is 25.1 Å². The molecule has 0 aliphatic rings. The molecular weight excluding hydrogens is 304 g/mol. The van der Waals surface area contributed by atoms with Gasteiger partial charge in [-0.2, -0.15) is 0 Å². The number of hydrogen-bond acceptors (Lipinski definition) is 4. The summed E-state index contributed by atoms with van der Waals surface area (Å²) in [4.78, 5) is 5.78. The van der Waals surface area contributed by atoms with Crippen LogP contribution in [-0.4, -0.2) is 25.7 Å². The maximum Gasteiger partial charge on any atom is 0.211 e. The SMILES string of the molecule is CCS(=O)(=O)NCCc1nc(C)c(Cc2ccccc2)s1. The van der Waals surface area contributed by atoms with Gasteiger partial charge in [-0.05, 0) is 19.4 Å². The Morgan fingerprint density at radius 2 is 1.95 bits per heavy atom. The van der Waals surface area contributed by atoms with Crippen molar-refractivity contribution in [2.24, 2.45) is 0 Å². The molecule has 1 heterocycles. The number of hydrogen-bond donors (Lipinski definition) is 1. The molecule has 0 radical (unpaired) electrons. The summed E-state index contributed by atoms with van der Waals surface area (Å²) >= 11 is 1.67. The van der Waals surface area contributed by atoms with Crippen LogP contribution in [0.2, 0.25) is 0 Å². The predicted molar refractivity (Wildman–Crippen MR) is 87.3 cm³/mol. The summed E-state index contributed by atoms with van der Waals surface area (Å²) in [6.07, 6.45) is 1.52. The van der Waals surface area contributed by atoms with Crippen molar-refractivity contribution < 1.29 is 8.42 Å². The Kier molecular flexibility index (Phi) is 5.50. The minimum absolute atomic E-state index is 0.114. The van der Waals surface area contributed by atoms with Gasteiger partial charge in [-0.1, -0.05) is 30.3 Å². The molecule has 1 aromatic carbocycles. The zero-order valence-corrected chi connectivity index (χ0v) is 13.9. The lowest BCUT2D eigenvalue weighted by Crippen LogP contribution is -2.27. The zero-order valence-electron chi connectivity index (χ0n) is 12.3. The number of thiazole rings is 1. The van der Waals surface area contributed by atoms with Crippen molar-refractivity contribution in [3.63, 3.8) is 0 Å². The Morgan fingerprint density at radius 1 is 1.24 bits per heavy atom. The molecular formula is C15H20N2O2S2. The largest absolute Gasteiger partial charge is 0.246 e. The van der Waals surface area contributed by atoms with E-state index in [1.54, 1.807) is 18.3 Å². The summed E-state index contributed by atoms with van der Waals surface area (Å²) < 4.78 is 25.3. The smallest absolute Gasteiger partial charge is 0.211 e. The minimum Gasteiger partial charge on any atom is -0.246 e. The molecule has 0 saturated carbocycles. The summed E-state index contributed by atoms with van der Waals surface area (Å²) in [5.41, 5.74) is 2.31. The van der Waals surface area contributed by atoms with Crippen molar-refractivity contribution in [3.05, 3.63) is 51.5 Å². The van der Waals surface area contributed by atoms with E-state index in [-0.39, 0.29) is 5.75 Å². The number of aryl methyl sites for hydroxylation is 1. The molecule has 6 heteroatoms. The topological polar surface area (TPSA) is 59.1 Å². The minimum atomic E-state index is -3.11. The van der Waals surface area contributed by atoms with E-state index in [4.69, 9.17) is 0 Å². The van der Waals surface area contributed by atoms with Crippen LogP contribution in [0.25, 0.3) is 0 Å². The molecule has 0 amide bonds. The van der Waals surface area contributed by atoms with Gasteiger partial charge in [0.15, 0.2) is 0 Å². The quantitative estimate of drug-likeness (QED) is 0.851. The monoisotopic (exact) mass is 324 g/mol.